The molecule has 1 aromatic heterocycles. The zero-order chi connectivity index (χ0) is 20.6. The van der Waals surface area contributed by atoms with E-state index in [4.69, 9.17) is 19.2 Å². The molecule has 1 heterocycles. The van der Waals surface area contributed by atoms with Crippen molar-refractivity contribution in [1.29, 1.82) is 0 Å². The Hall–Kier alpha value is -3.65. The van der Waals surface area contributed by atoms with Gasteiger partial charge in [-0.25, -0.2) is 9.18 Å². The van der Waals surface area contributed by atoms with E-state index in [1.807, 2.05) is 6.92 Å². The summed E-state index contributed by atoms with van der Waals surface area (Å²) in [6, 6.07) is 13.6. The van der Waals surface area contributed by atoms with Crippen LogP contribution in [0.25, 0.3) is 17.0 Å². The zero-order valence-corrected chi connectivity index (χ0v) is 15.6. The number of carboxylic acids is 1. The molecular weight excluding hydrogens is 379 g/mol. The van der Waals surface area contributed by atoms with Crippen LogP contribution < -0.4 is 10.2 Å². The summed E-state index contributed by atoms with van der Waals surface area (Å²) in [5.74, 6) is -0.735. The molecule has 0 fully saturated rings. The Kier molecular flexibility index (Phi) is 6.59. The number of hydroxylamine groups is 1. The molecule has 3 rings (SSSR count). The first kappa shape index (κ1) is 20.1. The molecule has 0 saturated carbocycles. The van der Waals surface area contributed by atoms with Crippen molar-refractivity contribution in [2.75, 3.05) is 6.61 Å². The van der Waals surface area contributed by atoms with Crippen LogP contribution in [0.5, 0.6) is 5.75 Å². The number of ether oxygens (including phenoxy) is 1. The lowest BCUT2D eigenvalue weighted by atomic mass is 10.1. The van der Waals surface area contributed by atoms with Gasteiger partial charge in [0.1, 0.15) is 29.2 Å². The number of aromatic carboxylic acids is 1. The summed E-state index contributed by atoms with van der Waals surface area (Å²) in [5.41, 5.74) is 4.39. The van der Waals surface area contributed by atoms with E-state index >= 15 is 0 Å². The lowest BCUT2D eigenvalue weighted by molar-refractivity contribution is 0.0696. The first-order chi connectivity index (χ1) is 14.1. The Labute approximate surface area is 166 Å². The molecule has 7 nitrogen and oxygen atoms in total. The SMILES string of the molecule is CCCONC(=COc1cccc(C(=O)O)c1)c1cc(-c2ccc(F)cc2)no1. The van der Waals surface area contributed by atoms with Gasteiger partial charge in [0, 0.05) is 11.6 Å². The molecule has 0 amide bonds. The maximum atomic E-state index is 13.1. The van der Waals surface area contributed by atoms with E-state index in [0.29, 0.717) is 35.1 Å². The third-order valence-corrected chi connectivity index (χ3v) is 3.80. The van der Waals surface area contributed by atoms with Crippen molar-refractivity contribution in [3.8, 4) is 17.0 Å². The third kappa shape index (κ3) is 5.43. The summed E-state index contributed by atoms with van der Waals surface area (Å²) in [5, 5.41) is 13.1. The van der Waals surface area contributed by atoms with Crippen LogP contribution in [-0.2, 0) is 4.84 Å². The molecule has 2 aromatic carbocycles. The molecular formula is C21H19FN2O5. The number of rotatable bonds is 9. The van der Waals surface area contributed by atoms with E-state index < -0.39 is 5.97 Å². The Morgan fingerprint density at radius 3 is 2.76 bits per heavy atom. The van der Waals surface area contributed by atoms with E-state index in [2.05, 4.69) is 10.6 Å². The highest BCUT2D eigenvalue weighted by Crippen LogP contribution is 2.23. The molecule has 8 heteroatoms. The molecule has 0 bridgehead atoms. The Balaban J connectivity index is 1.83. The van der Waals surface area contributed by atoms with Gasteiger partial charge in [-0.1, -0.05) is 18.1 Å². The third-order valence-electron chi connectivity index (χ3n) is 3.80. The minimum absolute atomic E-state index is 0.103. The van der Waals surface area contributed by atoms with Gasteiger partial charge >= 0.3 is 5.97 Å². The maximum absolute atomic E-state index is 13.1. The van der Waals surface area contributed by atoms with Crippen LogP contribution in [-0.4, -0.2) is 22.8 Å². The van der Waals surface area contributed by atoms with Crippen molar-refractivity contribution in [1.82, 2.24) is 10.6 Å². The molecule has 0 aliphatic rings. The van der Waals surface area contributed by atoms with E-state index in [-0.39, 0.29) is 11.4 Å². The molecule has 0 aliphatic carbocycles. The monoisotopic (exact) mass is 398 g/mol. The van der Waals surface area contributed by atoms with Gasteiger partial charge in [0.2, 0.25) is 0 Å². The van der Waals surface area contributed by atoms with Crippen molar-refractivity contribution in [2.24, 2.45) is 0 Å². The number of halogens is 1. The number of nitrogens with one attached hydrogen (secondary N) is 1. The number of hydrogen-bond donors (Lipinski definition) is 2. The van der Waals surface area contributed by atoms with Crippen molar-refractivity contribution >= 4 is 11.7 Å². The second-order valence-electron chi connectivity index (χ2n) is 6.02. The van der Waals surface area contributed by atoms with E-state index in [9.17, 15) is 9.18 Å². The van der Waals surface area contributed by atoms with Crippen molar-refractivity contribution in [3.05, 3.63) is 78.0 Å². The smallest absolute Gasteiger partial charge is 0.335 e. The highest BCUT2D eigenvalue weighted by Gasteiger charge is 2.13. The molecule has 0 spiro atoms. The number of carboxylic acid groups (broad SMARTS) is 1. The van der Waals surface area contributed by atoms with E-state index in [1.165, 1.54) is 30.5 Å². The number of carbonyl (C=O) groups is 1. The van der Waals surface area contributed by atoms with Gasteiger partial charge < -0.3 is 14.4 Å². The normalized spacial score (nSPS) is 11.3. The second kappa shape index (κ2) is 9.52. The van der Waals surface area contributed by atoms with Crippen LogP contribution in [0, 0.1) is 5.82 Å². The lowest BCUT2D eigenvalue weighted by Gasteiger charge is -2.08. The van der Waals surface area contributed by atoms with Gasteiger partial charge in [0.15, 0.2) is 5.76 Å². The molecule has 29 heavy (non-hydrogen) atoms. The molecule has 0 atom stereocenters. The van der Waals surface area contributed by atoms with Gasteiger partial charge in [-0.2, -0.15) is 0 Å². The zero-order valence-electron chi connectivity index (χ0n) is 15.6. The molecule has 2 N–H and O–H groups in total. The fourth-order valence-electron chi connectivity index (χ4n) is 2.35. The Morgan fingerprint density at radius 2 is 2.03 bits per heavy atom. The number of nitrogens with zero attached hydrogens (tertiary/aromatic N) is 1. The summed E-state index contributed by atoms with van der Waals surface area (Å²) in [6.45, 7) is 2.41. The summed E-state index contributed by atoms with van der Waals surface area (Å²) in [6.07, 6.45) is 2.13. The van der Waals surface area contributed by atoms with Crippen LogP contribution in [0.2, 0.25) is 0 Å². The van der Waals surface area contributed by atoms with Crippen LogP contribution in [0.3, 0.4) is 0 Å². The van der Waals surface area contributed by atoms with Crippen molar-refractivity contribution < 1.29 is 28.4 Å². The number of benzene rings is 2. The van der Waals surface area contributed by atoms with Crippen LogP contribution in [0.15, 0.2) is 65.4 Å². The van der Waals surface area contributed by atoms with Gasteiger partial charge in [0.25, 0.3) is 0 Å². The number of hydrogen-bond acceptors (Lipinski definition) is 6. The van der Waals surface area contributed by atoms with Crippen LogP contribution in [0.4, 0.5) is 4.39 Å². The molecule has 0 unspecified atom stereocenters. The van der Waals surface area contributed by atoms with Gasteiger partial charge in [-0.3, -0.25) is 10.3 Å². The summed E-state index contributed by atoms with van der Waals surface area (Å²) in [4.78, 5) is 16.4. The first-order valence-corrected chi connectivity index (χ1v) is 8.88. The van der Waals surface area contributed by atoms with Crippen molar-refractivity contribution in [2.45, 2.75) is 13.3 Å². The van der Waals surface area contributed by atoms with E-state index in [0.717, 1.165) is 6.42 Å². The van der Waals surface area contributed by atoms with Crippen LogP contribution in [0.1, 0.15) is 29.5 Å². The van der Waals surface area contributed by atoms with Gasteiger partial charge in [0.05, 0.1) is 12.2 Å². The van der Waals surface area contributed by atoms with Crippen LogP contribution >= 0.6 is 0 Å². The lowest BCUT2D eigenvalue weighted by Crippen LogP contribution is -2.14. The average Bonchev–Trinajstić information content (AvgIpc) is 3.21. The molecule has 150 valence electrons. The van der Waals surface area contributed by atoms with Crippen molar-refractivity contribution in [3.63, 3.8) is 0 Å². The molecule has 0 aliphatic heterocycles. The fraction of sp³-hybridized carbons (Fsp3) is 0.143. The summed E-state index contributed by atoms with van der Waals surface area (Å²) < 4.78 is 24.0. The Bertz CT molecular complexity index is 998. The topological polar surface area (TPSA) is 93.8 Å². The fourth-order valence-corrected chi connectivity index (χ4v) is 2.35. The predicted octanol–water partition coefficient (Wildman–Crippen LogP) is 4.49. The summed E-state index contributed by atoms with van der Waals surface area (Å²) in [7, 11) is 0. The largest absolute Gasteiger partial charge is 0.478 e. The highest BCUT2D eigenvalue weighted by molar-refractivity contribution is 5.88. The van der Waals surface area contributed by atoms with E-state index in [1.54, 1.807) is 30.3 Å². The quantitative estimate of drug-likeness (QED) is 0.312. The minimum atomic E-state index is -1.05. The average molecular weight is 398 g/mol. The standard InChI is InChI=1S/C21H19FN2O5/c1-2-10-28-23-19(13-27-17-5-3-4-15(11-17)21(25)26)20-12-18(24-29-20)14-6-8-16(22)9-7-14/h3-9,11-13,23H,2,10H2,1H3,(H,25,26). The minimum Gasteiger partial charge on any atom is -0.478 e. The second-order valence-corrected chi connectivity index (χ2v) is 6.02. The predicted molar refractivity (Wildman–Crippen MR) is 103 cm³/mol. The Morgan fingerprint density at radius 1 is 1.24 bits per heavy atom. The molecule has 0 saturated heterocycles. The highest BCUT2D eigenvalue weighted by atomic mass is 19.1. The first-order valence-electron chi connectivity index (χ1n) is 8.88. The van der Waals surface area contributed by atoms with Gasteiger partial charge in [-0.05, 0) is 48.9 Å². The molecule has 3 aromatic rings. The summed E-state index contributed by atoms with van der Waals surface area (Å²) >= 11 is 0. The number of aromatic nitrogens is 1. The maximum Gasteiger partial charge on any atom is 0.335 e. The molecule has 0 radical (unpaired) electrons. The van der Waals surface area contributed by atoms with Gasteiger partial charge in [-0.15, -0.1) is 0 Å².